The molecule has 0 saturated carbocycles. The summed E-state index contributed by atoms with van der Waals surface area (Å²) in [5, 5.41) is 7.47. The maximum Gasteiger partial charge on any atom is 0.220 e. The van der Waals surface area contributed by atoms with Crippen LogP contribution < -0.4 is 10.1 Å². The molecule has 170 valence electrons. The van der Waals surface area contributed by atoms with Crippen LogP contribution in [-0.2, 0) is 17.8 Å². The van der Waals surface area contributed by atoms with E-state index in [1.54, 1.807) is 6.20 Å². The molecule has 33 heavy (non-hydrogen) atoms. The second-order valence-electron chi connectivity index (χ2n) is 8.47. The van der Waals surface area contributed by atoms with Crippen LogP contribution in [0.2, 0.25) is 0 Å². The number of pyridine rings is 1. The Bertz CT molecular complexity index is 1310. The highest BCUT2D eigenvalue weighted by Gasteiger charge is 2.13. The van der Waals surface area contributed by atoms with Crippen molar-refractivity contribution >= 4 is 11.6 Å². The summed E-state index contributed by atoms with van der Waals surface area (Å²) in [6, 6.07) is 11.8. The summed E-state index contributed by atoms with van der Waals surface area (Å²) >= 11 is 0. The number of aryl methyl sites for hydroxylation is 5. The molecule has 7 nitrogen and oxygen atoms in total. The number of carbonyl (C=O) groups excluding carboxylic acids is 1. The maximum atomic E-state index is 12.5. The van der Waals surface area contributed by atoms with Crippen LogP contribution in [0.15, 0.2) is 42.6 Å². The standard InChI is InChI=1S/C26H29N5O2/c1-16-6-7-17(2)23(12-16)33-26-11-8-21(15-28-26)14-27-25(32)10-9-22-19(4)29-24-13-18(3)30-31(24)20(22)5/h6-8,11-13,15H,9-10,14H2,1-5H3,(H,27,32). The summed E-state index contributed by atoms with van der Waals surface area (Å²) in [5.74, 6) is 1.31. The summed E-state index contributed by atoms with van der Waals surface area (Å²) in [4.78, 5) is 21.5. The van der Waals surface area contributed by atoms with Gasteiger partial charge in [0.15, 0.2) is 5.65 Å². The Balaban J connectivity index is 1.32. The van der Waals surface area contributed by atoms with Gasteiger partial charge in [-0.2, -0.15) is 5.10 Å². The van der Waals surface area contributed by atoms with Gasteiger partial charge in [0.2, 0.25) is 11.8 Å². The summed E-state index contributed by atoms with van der Waals surface area (Å²) in [5.41, 5.74) is 7.91. The fourth-order valence-corrected chi connectivity index (χ4v) is 3.84. The minimum atomic E-state index is -0.0127. The van der Waals surface area contributed by atoms with Crippen molar-refractivity contribution in [1.29, 1.82) is 0 Å². The first-order chi connectivity index (χ1) is 15.8. The fraction of sp³-hybridized carbons (Fsp3) is 0.308. The SMILES string of the molecule is Cc1ccc(C)c(Oc2ccc(CNC(=O)CCc3c(C)nc4cc(C)nn4c3C)cn2)c1. The van der Waals surface area contributed by atoms with E-state index in [1.165, 1.54) is 0 Å². The number of ether oxygens (including phenoxy) is 1. The number of amides is 1. The number of hydrogen-bond acceptors (Lipinski definition) is 5. The average molecular weight is 444 g/mol. The molecule has 4 aromatic rings. The minimum Gasteiger partial charge on any atom is -0.439 e. The van der Waals surface area contributed by atoms with Gasteiger partial charge in [-0.05, 0) is 69.4 Å². The second-order valence-corrected chi connectivity index (χ2v) is 8.47. The zero-order valence-electron chi connectivity index (χ0n) is 19.8. The molecular formula is C26H29N5O2. The summed E-state index contributed by atoms with van der Waals surface area (Å²) in [6.45, 7) is 10.4. The lowest BCUT2D eigenvalue weighted by molar-refractivity contribution is -0.121. The van der Waals surface area contributed by atoms with Gasteiger partial charge in [-0.15, -0.1) is 0 Å². The number of nitrogens with zero attached hydrogens (tertiary/aromatic N) is 4. The molecule has 1 N–H and O–H groups in total. The van der Waals surface area contributed by atoms with Crippen LogP contribution in [0, 0.1) is 34.6 Å². The Hall–Kier alpha value is -3.74. The quantitative estimate of drug-likeness (QED) is 0.447. The Morgan fingerprint density at radius 3 is 2.64 bits per heavy atom. The number of hydrogen-bond donors (Lipinski definition) is 1. The van der Waals surface area contributed by atoms with Crippen LogP contribution in [0.5, 0.6) is 11.6 Å². The number of nitrogens with one attached hydrogen (secondary N) is 1. The molecule has 0 fully saturated rings. The molecule has 3 heterocycles. The third-order valence-corrected chi connectivity index (χ3v) is 5.73. The fourth-order valence-electron chi connectivity index (χ4n) is 3.84. The van der Waals surface area contributed by atoms with Crippen molar-refractivity contribution in [3.05, 3.63) is 81.9 Å². The van der Waals surface area contributed by atoms with Crippen molar-refractivity contribution in [2.24, 2.45) is 0 Å². The van der Waals surface area contributed by atoms with Crippen molar-refractivity contribution < 1.29 is 9.53 Å². The summed E-state index contributed by atoms with van der Waals surface area (Å²) < 4.78 is 7.75. The van der Waals surface area contributed by atoms with Gasteiger partial charge in [0, 0.05) is 42.7 Å². The predicted octanol–water partition coefficient (Wildman–Crippen LogP) is 4.71. The topological polar surface area (TPSA) is 81.4 Å². The van der Waals surface area contributed by atoms with Crippen LogP contribution >= 0.6 is 0 Å². The molecule has 0 atom stereocenters. The van der Waals surface area contributed by atoms with E-state index in [4.69, 9.17) is 4.74 Å². The lowest BCUT2D eigenvalue weighted by Gasteiger charge is -2.11. The predicted molar refractivity (Wildman–Crippen MR) is 128 cm³/mol. The van der Waals surface area contributed by atoms with Crippen molar-refractivity contribution in [1.82, 2.24) is 24.9 Å². The number of rotatable bonds is 7. The van der Waals surface area contributed by atoms with Crippen molar-refractivity contribution in [2.45, 2.75) is 54.0 Å². The molecule has 3 aromatic heterocycles. The zero-order chi connectivity index (χ0) is 23.5. The zero-order valence-corrected chi connectivity index (χ0v) is 19.8. The lowest BCUT2D eigenvalue weighted by Crippen LogP contribution is -2.23. The third kappa shape index (κ3) is 5.19. The van der Waals surface area contributed by atoms with Crippen LogP contribution in [0.4, 0.5) is 0 Å². The largest absolute Gasteiger partial charge is 0.439 e. The van der Waals surface area contributed by atoms with E-state index >= 15 is 0 Å². The first kappa shape index (κ1) is 22.5. The number of benzene rings is 1. The molecule has 0 spiro atoms. The van der Waals surface area contributed by atoms with Gasteiger partial charge in [0.05, 0.1) is 5.69 Å². The van der Waals surface area contributed by atoms with Crippen LogP contribution in [0.3, 0.4) is 0 Å². The highest BCUT2D eigenvalue weighted by molar-refractivity contribution is 5.76. The molecule has 0 aliphatic rings. The summed E-state index contributed by atoms with van der Waals surface area (Å²) in [6.07, 6.45) is 2.73. The van der Waals surface area contributed by atoms with Gasteiger partial charge >= 0.3 is 0 Å². The Morgan fingerprint density at radius 1 is 1.06 bits per heavy atom. The number of carbonyl (C=O) groups is 1. The lowest BCUT2D eigenvalue weighted by atomic mass is 10.1. The molecular weight excluding hydrogens is 414 g/mol. The molecule has 4 rings (SSSR count). The molecule has 1 aromatic carbocycles. The number of fused-ring (bicyclic) bond motifs is 1. The van der Waals surface area contributed by atoms with Crippen molar-refractivity contribution in [3.63, 3.8) is 0 Å². The monoisotopic (exact) mass is 443 g/mol. The van der Waals surface area contributed by atoms with Gasteiger partial charge in [0.25, 0.3) is 0 Å². The highest BCUT2D eigenvalue weighted by Crippen LogP contribution is 2.24. The molecule has 0 saturated heterocycles. The highest BCUT2D eigenvalue weighted by atomic mass is 16.5. The van der Waals surface area contributed by atoms with E-state index in [2.05, 4.69) is 26.4 Å². The molecule has 0 aliphatic heterocycles. The van der Waals surface area contributed by atoms with E-state index in [-0.39, 0.29) is 5.91 Å². The van der Waals surface area contributed by atoms with Crippen molar-refractivity contribution in [2.75, 3.05) is 0 Å². The number of aromatic nitrogens is 4. The second kappa shape index (κ2) is 9.40. The Morgan fingerprint density at radius 2 is 1.88 bits per heavy atom. The Labute approximate surface area is 193 Å². The molecule has 1 amide bonds. The molecule has 0 radical (unpaired) electrons. The summed E-state index contributed by atoms with van der Waals surface area (Å²) in [7, 11) is 0. The van der Waals surface area contributed by atoms with Crippen LogP contribution in [0.1, 0.15) is 45.8 Å². The van der Waals surface area contributed by atoms with E-state index in [0.717, 1.165) is 50.7 Å². The van der Waals surface area contributed by atoms with E-state index in [0.29, 0.717) is 25.3 Å². The normalized spacial score (nSPS) is 11.1. The minimum absolute atomic E-state index is 0.0127. The maximum absolute atomic E-state index is 12.5. The van der Waals surface area contributed by atoms with Crippen molar-refractivity contribution in [3.8, 4) is 11.6 Å². The first-order valence-corrected chi connectivity index (χ1v) is 11.1. The molecule has 0 unspecified atom stereocenters. The Kier molecular flexibility index (Phi) is 6.40. The van der Waals surface area contributed by atoms with Gasteiger partial charge in [-0.3, -0.25) is 4.79 Å². The molecule has 7 heteroatoms. The smallest absolute Gasteiger partial charge is 0.220 e. The average Bonchev–Trinajstić information content (AvgIpc) is 3.16. The first-order valence-electron chi connectivity index (χ1n) is 11.1. The molecule has 0 aliphatic carbocycles. The van der Waals surface area contributed by atoms with Gasteiger partial charge in [-0.1, -0.05) is 18.2 Å². The van der Waals surface area contributed by atoms with E-state index in [9.17, 15) is 4.79 Å². The third-order valence-electron chi connectivity index (χ3n) is 5.73. The van der Waals surface area contributed by atoms with Gasteiger partial charge < -0.3 is 10.1 Å². The molecule has 0 bridgehead atoms. The van der Waals surface area contributed by atoms with Crippen LogP contribution in [-0.4, -0.2) is 25.5 Å². The van der Waals surface area contributed by atoms with Gasteiger partial charge in [0.1, 0.15) is 5.75 Å². The van der Waals surface area contributed by atoms with E-state index < -0.39 is 0 Å². The van der Waals surface area contributed by atoms with Crippen LogP contribution in [0.25, 0.3) is 5.65 Å². The van der Waals surface area contributed by atoms with Gasteiger partial charge in [-0.25, -0.2) is 14.5 Å². The van der Waals surface area contributed by atoms with E-state index in [1.807, 2.05) is 69.5 Å².